The molecule has 4 rings (SSSR count). The summed E-state index contributed by atoms with van der Waals surface area (Å²) in [6.07, 6.45) is 3.92. The highest BCUT2D eigenvalue weighted by atomic mass is 32.2. The van der Waals surface area contributed by atoms with Crippen LogP contribution in [-0.2, 0) is 10.0 Å². The average molecular weight is 452 g/mol. The standard InChI is InChI=1S/C24H25N3O4S/c1-4-30-20-10-11-23(22(15-20)31-5-2)32(28,29)26-19-8-6-18(7-9-19)21-16-27-13-12-17(3)14-24(27)25-21/h6-16,26H,4-5H2,1-3H3. The number of sulfonamides is 1. The predicted molar refractivity (Wildman–Crippen MR) is 125 cm³/mol. The number of imidazole rings is 1. The van der Waals surface area contributed by atoms with Crippen LogP contribution in [0.5, 0.6) is 11.5 Å². The number of nitrogens with one attached hydrogen (secondary N) is 1. The predicted octanol–water partition coefficient (Wildman–Crippen LogP) is 4.91. The lowest BCUT2D eigenvalue weighted by molar-refractivity contribution is 0.317. The number of aromatic nitrogens is 2. The molecule has 32 heavy (non-hydrogen) atoms. The Morgan fingerprint density at radius 1 is 0.969 bits per heavy atom. The van der Waals surface area contributed by atoms with Gasteiger partial charge in [0.25, 0.3) is 10.0 Å². The van der Waals surface area contributed by atoms with Crippen LogP contribution in [0, 0.1) is 6.92 Å². The fraction of sp³-hybridized carbons (Fsp3) is 0.208. The van der Waals surface area contributed by atoms with Crippen molar-refractivity contribution in [2.45, 2.75) is 25.7 Å². The van der Waals surface area contributed by atoms with Gasteiger partial charge >= 0.3 is 0 Å². The first-order chi connectivity index (χ1) is 15.4. The number of benzene rings is 2. The number of rotatable bonds is 8. The zero-order valence-corrected chi connectivity index (χ0v) is 19.0. The minimum absolute atomic E-state index is 0.0580. The smallest absolute Gasteiger partial charge is 0.265 e. The van der Waals surface area contributed by atoms with Gasteiger partial charge < -0.3 is 13.9 Å². The van der Waals surface area contributed by atoms with E-state index in [1.54, 1.807) is 31.2 Å². The third-order valence-electron chi connectivity index (χ3n) is 4.86. The lowest BCUT2D eigenvalue weighted by Crippen LogP contribution is -2.14. The summed E-state index contributed by atoms with van der Waals surface area (Å²) in [5.74, 6) is 0.810. The largest absolute Gasteiger partial charge is 0.494 e. The summed E-state index contributed by atoms with van der Waals surface area (Å²) in [6, 6.07) is 15.9. The van der Waals surface area contributed by atoms with Crippen LogP contribution >= 0.6 is 0 Å². The van der Waals surface area contributed by atoms with Crippen LogP contribution in [0.15, 0.2) is 71.9 Å². The second kappa shape index (κ2) is 8.92. The van der Waals surface area contributed by atoms with Crippen molar-refractivity contribution in [3.8, 4) is 22.8 Å². The highest BCUT2D eigenvalue weighted by Crippen LogP contribution is 2.31. The van der Waals surface area contributed by atoms with E-state index in [2.05, 4.69) is 9.71 Å². The van der Waals surface area contributed by atoms with Gasteiger partial charge in [0.1, 0.15) is 22.0 Å². The van der Waals surface area contributed by atoms with Crippen LogP contribution < -0.4 is 14.2 Å². The molecule has 2 aromatic carbocycles. The molecule has 0 spiro atoms. The van der Waals surface area contributed by atoms with Crippen LogP contribution in [-0.4, -0.2) is 31.0 Å². The van der Waals surface area contributed by atoms with Crippen LogP contribution in [0.4, 0.5) is 5.69 Å². The SMILES string of the molecule is CCOc1ccc(S(=O)(=O)Nc2ccc(-c3cn4ccc(C)cc4n3)cc2)c(OCC)c1. The van der Waals surface area contributed by atoms with Crippen molar-refractivity contribution in [3.05, 3.63) is 72.6 Å². The maximum absolute atomic E-state index is 13.0. The van der Waals surface area contributed by atoms with E-state index in [1.165, 1.54) is 6.07 Å². The number of nitrogens with zero attached hydrogens (tertiary/aromatic N) is 2. The molecule has 7 nitrogen and oxygen atoms in total. The molecule has 0 aliphatic heterocycles. The van der Waals surface area contributed by atoms with Crippen molar-refractivity contribution >= 4 is 21.4 Å². The molecule has 2 heterocycles. The average Bonchev–Trinajstić information content (AvgIpc) is 3.18. The van der Waals surface area contributed by atoms with Gasteiger partial charge in [0.15, 0.2) is 0 Å². The molecule has 0 saturated carbocycles. The van der Waals surface area contributed by atoms with Crippen LogP contribution in [0.2, 0.25) is 0 Å². The lowest BCUT2D eigenvalue weighted by Gasteiger charge is -2.14. The molecule has 8 heteroatoms. The summed E-state index contributed by atoms with van der Waals surface area (Å²) >= 11 is 0. The summed E-state index contributed by atoms with van der Waals surface area (Å²) in [4.78, 5) is 4.70. The zero-order chi connectivity index (χ0) is 22.7. The van der Waals surface area contributed by atoms with E-state index in [-0.39, 0.29) is 10.6 Å². The maximum Gasteiger partial charge on any atom is 0.265 e. The molecule has 0 saturated heterocycles. The number of ether oxygens (including phenoxy) is 2. The molecule has 0 aliphatic carbocycles. The van der Waals surface area contributed by atoms with E-state index in [4.69, 9.17) is 9.47 Å². The quantitative estimate of drug-likeness (QED) is 0.412. The molecule has 4 aromatic rings. The lowest BCUT2D eigenvalue weighted by atomic mass is 10.1. The van der Waals surface area contributed by atoms with Gasteiger partial charge in [-0.3, -0.25) is 4.72 Å². The molecule has 0 amide bonds. The first-order valence-corrected chi connectivity index (χ1v) is 11.9. The molecule has 0 atom stereocenters. The van der Waals surface area contributed by atoms with Crippen LogP contribution in [0.3, 0.4) is 0 Å². The Bertz CT molecular complexity index is 1350. The topological polar surface area (TPSA) is 81.9 Å². The Hall–Kier alpha value is -3.52. The second-order valence-corrected chi connectivity index (χ2v) is 8.90. The number of hydrogen-bond donors (Lipinski definition) is 1. The number of aryl methyl sites for hydroxylation is 1. The minimum atomic E-state index is -3.85. The monoisotopic (exact) mass is 451 g/mol. The van der Waals surface area contributed by atoms with Crippen LogP contribution in [0.25, 0.3) is 16.9 Å². The van der Waals surface area contributed by atoms with Gasteiger partial charge in [-0.15, -0.1) is 0 Å². The Morgan fingerprint density at radius 2 is 1.72 bits per heavy atom. The normalized spacial score (nSPS) is 11.5. The van der Waals surface area contributed by atoms with E-state index in [0.29, 0.717) is 24.7 Å². The first-order valence-electron chi connectivity index (χ1n) is 10.4. The fourth-order valence-corrected chi connectivity index (χ4v) is 4.56. The fourth-order valence-electron chi connectivity index (χ4n) is 3.38. The van der Waals surface area contributed by atoms with E-state index in [9.17, 15) is 8.42 Å². The van der Waals surface area contributed by atoms with Crippen molar-refractivity contribution in [3.63, 3.8) is 0 Å². The van der Waals surface area contributed by atoms with E-state index in [1.807, 2.05) is 54.9 Å². The summed E-state index contributed by atoms with van der Waals surface area (Å²) in [7, 11) is -3.85. The van der Waals surface area contributed by atoms with Gasteiger partial charge in [0.05, 0.1) is 18.9 Å². The summed E-state index contributed by atoms with van der Waals surface area (Å²) in [5.41, 5.74) is 4.16. The van der Waals surface area contributed by atoms with Crippen molar-refractivity contribution < 1.29 is 17.9 Å². The van der Waals surface area contributed by atoms with Crippen molar-refractivity contribution in [1.82, 2.24) is 9.38 Å². The van der Waals surface area contributed by atoms with E-state index in [0.717, 1.165) is 22.5 Å². The molecular formula is C24H25N3O4S. The molecule has 0 unspecified atom stereocenters. The second-order valence-electron chi connectivity index (χ2n) is 7.25. The zero-order valence-electron chi connectivity index (χ0n) is 18.2. The molecule has 0 radical (unpaired) electrons. The summed E-state index contributed by atoms with van der Waals surface area (Å²) < 4.78 is 41.6. The Morgan fingerprint density at radius 3 is 2.44 bits per heavy atom. The molecule has 0 fully saturated rings. The van der Waals surface area contributed by atoms with Gasteiger partial charge in [-0.05, 0) is 62.7 Å². The third-order valence-corrected chi connectivity index (χ3v) is 6.28. The molecule has 0 aliphatic rings. The minimum Gasteiger partial charge on any atom is -0.494 e. The molecule has 2 aromatic heterocycles. The molecule has 0 bridgehead atoms. The summed E-state index contributed by atoms with van der Waals surface area (Å²) in [6.45, 7) is 6.51. The number of pyridine rings is 1. The maximum atomic E-state index is 13.0. The Kier molecular flexibility index (Phi) is 6.05. The van der Waals surface area contributed by atoms with Crippen LogP contribution in [0.1, 0.15) is 19.4 Å². The van der Waals surface area contributed by atoms with Gasteiger partial charge in [0, 0.05) is 29.7 Å². The Balaban J connectivity index is 1.58. The van der Waals surface area contributed by atoms with Gasteiger partial charge in [0.2, 0.25) is 0 Å². The number of hydrogen-bond acceptors (Lipinski definition) is 5. The Labute approximate surface area is 187 Å². The van der Waals surface area contributed by atoms with Gasteiger partial charge in [-0.1, -0.05) is 12.1 Å². The third kappa shape index (κ3) is 4.55. The summed E-state index contributed by atoms with van der Waals surface area (Å²) in [5, 5.41) is 0. The molecule has 1 N–H and O–H groups in total. The van der Waals surface area contributed by atoms with Crippen molar-refractivity contribution in [2.75, 3.05) is 17.9 Å². The van der Waals surface area contributed by atoms with Crippen molar-refractivity contribution in [1.29, 1.82) is 0 Å². The molecular weight excluding hydrogens is 426 g/mol. The van der Waals surface area contributed by atoms with E-state index >= 15 is 0 Å². The van der Waals surface area contributed by atoms with Gasteiger partial charge in [-0.2, -0.15) is 0 Å². The van der Waals surface area contributed by atoms with E-state index < -0.39 is 10.0 Å². The highest BCUT2D eigenvalue weighted by molar-refractivity contribution is 7.92. The first kappa shape index (κ1) is 21.7. The highest BCUT2D eigenvalue weighted by Gasteiger charge is 2.21. The van der Waals surface area contributed by atoms with Crippen molar-refractivity contribution in [2.24, 2.45) is 0 Å². The molecule has 166 valence electrons. The number of anilines is 1. The number of fused-ring (bicyclic) bond motifs is 1. The van der Waals surface area contributed by atoms with Gasteiger partial charge in [-0.25, -0.2) is 13.4 Å².